The number of carbonyl (C=O) groups is 1. The summed E-state index contributed by atoms with van der Waals surface area (Å²) in [5.41, 5.74) is 4.64. The van der Waals surface area contributed by atoms with Crippen LogP contribution >= 0.6 is 39.1 Å². The molecule has 7 nitrogen and oxygen atoms in total. The lowest BCUT2D eigenvalue weighted by Gasteiger charge is -2.22. The highest BCUT2D eigenvalue weighted by atomic mass is 79.9. The topological polar surface area (TPSA) is 88.1 Å². The van der Waals surface area contributed by atoms with Gasteiger partial charge in [0.2, 0.25) is 10.0 Å². The van der Waals surface area contributed by atoms with Crippen LogP contribution in [0.5, 0.6) is 5.75 Å². The molecule has 0 saturated heterocycles. The number of sulfonamides is 1. The molecule has 0 aliphatic rings. The van der Waals surface area contributed by atoms with Gasteiger partial charge in [0.25, 0.3) is 5.91 Å². The van der Waals surface area contributed by atoms with Crippen LogP contribution in [0.3, 0.4) is 0 Å². The van der Waals surface area contributed by atoms with Crippen LogP contribution in [0, 0.1) is 0 Å². The molecule has 1 amide bonds. The summed E-state index contributed by atoms with van der Waals surface area (Å²) in [5.74, 6) is -0.0388. The van der Waals surface area contributed by atoms with Crippen molar-refractivity contribution in [1.29, 1.82) is 0 Å². The Morgan fingerprint density at radius 3 is 2.33 bits per heavy atom. The van der Waals surface area contributed by atoms with Gasteiger partial charge in [-0.25, -0.2) is 13.8 Å². The van der Waals surface area contributed by atoms with Gasteiger partial charge in [0, 0.05) is 16.6 Å². The van der Waals surface area contributed by atoms with Crippen LogP contribution in [0.25, 0.3) is 0 Å². The van der Waals surface area contributed by atoms with Crippen molar-refractivity contribution in [3.05, 3.63) is 128 Å². The number of nitrogens with one attached hydrogen (secondary N) is 1. The predicted octanol–water partition coefficient (Wildman–Crippen LogP) is 6.68. The lowest BCUT2D eigenvalue weighted by atomic mass is 10.2. The molecule has 0 fully saturated rings. The Hall–Kier alpha value is -3.21. The van der Waals surface area contributed by atoms with Gasteiger partial charge >= 0.3 is 0 Å². The molecule has 4 rings (SSSR count). The maximum Gasteiger partial charge on any atom is 0.255 e. The van der Waals surface area contributed by atoms with E-state index in [4.69, 9.17) is 27.9 Å². The largest absolute Gasteiger partial charge is 0.488 e. The van der Waals surface area contributed by atoms with Gasteiger partial charge in [0.15, 0.2) is 0 Å². The molecule has 11 heteroatoms. The number of amides is 1. The molecule has 0 radical (unpaired) electrons. The van der Waals surface area contributed by atoms with Crippen LogP contribution in [-0.4, -0.2) is 31.4 Å². The second-order valence-electron chi connectivity index (χ2n) is 8.58. The third-order valence-electron chi connectivity index (χ3n) is 5.66. The van der Waals surface area contributed by atoms with Gasteiger partial charge in [0.1, 0.15) is 12.4 Å². The fraction of sp³-hybridized carbons (Fsp3) is 0.103. The Kier molecular flexibility index (Phi) is 10.4. The first kappa shape index (κ1) is 29.8. The van der Waals surface area contributed by atoms with Gasteiger partial charge in [-0.15, -0.1) is 0 Å². The average Bonchev–Trinajstić information content (AvgIpc) is 2.95. The number of benzene rings is 4. The Labute approximate surface area is 251 Å². The van der Waals surface area contributed by atoms with Crippen LogP contribution in [0.15, 0.2) is 112 Å². The van der Waals surface area contributed by atoms with E-state index in [2.05, 4.69) is 26.5 Å². The van der Waals surface area contributed by atoms with E-state index < -0.39 is 22.5 Å². The van der Waals surface area contributed by atoms with Gasteiger partial charge in [-0.1, -0.05) is 87.7 Å². The minimum Gasteiger partial charge on any atom is -0.488 e. The van der Waals surface area contributed by atoms with Crippen molar-refractivity contribution in [3.63, 3.8) is 0 Å². The lowest BCUT2D eigenvalue weighted by Crippen LogP contribution is -2.39. The number of ether oxygens (including phenoxy) is 1. The molecular weight excluding hydrogens is 637 g/mol. The number of hydrazone groups is 1. The van der Waals surface area contributed by atoms with Crippen LogP contribution < -0.4 is 10.2 Å². The van der Waals surface area contributed by atoms with Crippen molar-refractivity contribution in [3.8, 4) is 5.75 Å². The van der Waals surface area contributed by atoms with E-state index in [0.29, 0.717) is 28.5 Å². The van der Waals surface area contributed by atoms with Gasteiger partial charge in [0.05, 0.1) is 27.7 Å². The van der Waals surface area contributed by atoms with Crippen molar-refractivity contribution in [2.24, 2.45) is 5.10 Å². The van der Waals surface area contributed by atoms with Crippen molar-refractivity contribution in [2.45, 2.75) is 18.0 Å². The predicted molar refractivity (Wildman–Crippen MR) is 161 cm³/mol. The minimum atomic E-state index is -4.05. The van der Waals surface area contributed by atoms with Crippen LogP contribution in [-0.2, 0) is 28.0 Å². The monoisotopic (exact) mass is 659 g/mol. The Morgan fingerprint density at radius 2 is 1.60 bits per heavy atom. The molecule has 206 valence electrons. The highest BCUT2D eigenvalue weighted by Gasteiger charge is 2.27. The summed E-state index contributed by atoms with van der Waals surface area (Å²) < 4.78 is 34.7. The fourth-order valence-corrected chi connectivity index (χ4v) is 5.62. The number of halogens is 3. The first-order valence-electron chi connectivity index (χ1n) is 12.0. The average molecular weight is 661 g/mol. The maximum atomic E-state index is 13.5. The zero-order valence-electron chi connectivity index (χ0n) is 21.0. The normalized spacial score (nSPS) is 11.6. The van der Waals surface area contributed by atoms with E-state index >= 15 is 0 Å². The summed E-state index contributed by atoms with van der Waals surface area (Å²) in [6.45, 7) is -0.222. The van der Waals surface area contributed by atoms with Gasteiger partial charge < -0.3 is 4.74 Å². The molecule has 4 aromatic rings. The summed E-state index contributed by atoms with van der Waals surface area (Å²) in [6, 6.07) is 27.9. The molecule has 0 atom stereocenters. The van der Waals surface area contributed by atoms with Gasteiger partial charge in [-0.05, 0) is 59.7 Å². The van der Waals surface area contributed by atoms with Gasteiger partial charge in [-0.3, -0.25) is 4.79 Å². The number of rotatable bonds is 11. The minimum absolute atomic E-state index is 0.0385. The second kappa shape index (κ2) is 13.9. The van der Waals surface area contributed by atoms with E-state index in [1.165, 1.54) is 18.3 Å². The molecule has 0 aliphatic heterocycles. The SMILES string of the molecule is O=C(CN(Cc1ccc(Cl)c(Cl)c1)S(=O)(=O)c1ccc(Br)cc1)N/N=C/c1ccccc1OCc1ccccc1. The van der Waals surface area contributed by atoms with E-state index in [-0.39, 0.29) is 16.5 Å². The summed E-state index contributed by atoms with van der Waals surface area (Å²) in [5, 5.41) is 4.66. The molecule has 0 spiro atoms. The number of hydrogen-bond donors (Lipinski definition) is 1. The Morgan fingerprint density at radius 1 is 0.900 bits per heavy atom. The highest BCUT2D eigenvalue weighted by Crippen LogP contribution is 2.25. The molecule has 0 aromatic heterocycles. The molecule has 0 heterocycles. The molecule has 0 unspecified atom stereocenters. The molecule has 0 saturated carbocycles. The summed E-state index contributed by atoms with van der Waals surface area (Å²) in [6.07, 6.45) is 1.45. The van der Waals surface area contributed by atoms with Gasteiger partial charge in [-0.2, -0.15) is 9.41 Å². The van der Waals surface area contributed by atoms with E-state index in [1.807, 2.05) is 42.5 Å². The number of para-hydroxylation sites is 1. The molecule has 40 heavy (non-hydrogen) atoms. The first-order chi connectivity index (χ1) is 19.2. The standard InChI is InChI=1S/C29H24BrCl2N3O4S/c30-24-11-13-25(14-12-24)40(37,38)35(18-22-10-15-26(31)27(32)16-22)19-29(36)34-33-17-23-8-4-5-9-28(23)39-20-21-6-2-1-3-7-21/h1-17H,18-20H2,(H,34,36)/b33-17+. The molecule has 4 aromatic carbocycles. The number of nitrogens with zero attached hydrogens (tertiary/aromatic N) is 2. The lowest BCUT2D eigenvalue weighted by molar-refractivity contribution is -0.121. The first-order valence-corrected chi connectivity index (χ1v) is 15.0. The fourth-order valence-electron chi connectivity index (χ4n) is 3.65. The van der Waals surface area contributed by atoms with E-state index in [1.54, 1.807) is 42.5 Å². The van der Waals surface area contributed by atoms with E-state index in [0.717, 1.165) is 14.3 Å². The van der Waals surface area contributed by atoms with Crippen molar-refractivity contribution in [1.82, 2.24) is 9.73 Å². The van der Waals surface area contributed by atoms with Crippen molar-refractivity contribution >= 4 is 61.3 Å². The van der Waals surface area contributed by atoms with Crippen LogP contribution in [0.4, 0.5) is 0 Å². The Bertz CT molecular complexity index is 1600. The van der Waals surface area contributed by atoms with Crippen molar-refractivity contribution < 1.29 is 17.9 Å². The quantitative estimate of drug-likeness (QED) is 0.144. The summed E-state index contributed by atoms with van der Waals surface area (Å²) in [7, 11) is -4.05. The molecule has 0 aliphatic carbocycles. The maximum absolute atomic E-state index is 13.5. The van der Waals surface area contributed by atoms with Crippen LogP contribution in [0.1, 0.15) is 16.7 Å². The van der Waals surface area contributed by atoms with Crippen LogP contribution in [0.2, 0.25) is 10.0 Å². The van der Waals surface area contributed by atoms with Crippen molar-refractivity contribution in [2.75, 3.05) is 6.54 Å². The molecular formula is C29H24BrCl2N3O4S. The summed E-state index contributed by atoms with van der Waals surface area (Å²) in [4.78, 5) is 12.9. The van der Waals surface area contributed by atoms with E-state index in [9.17, 15) is 13.2 Å². The highest BCUT2D eigenvalue weighted by molar-refractivity contribution is 9.10. The smallest absolute Gasteiger partial charge is 0.255 e. The molecule has 0 bridgehead atoms. The molecule has 1 N–H and O–H groups in total. The zero-order chi connectivity index (χ0) is 28.5. The summed E-state index contributed by atoms with van der Waals surface area (Å²) >= 11 is 15.5. The third kappa shape index (κ3) is 8.16. The number of carbonyl (C=O) groups excluding carboxylic acids is 1. The Balaban J connectivity index is 1.48. The second-order valence-corrected chi connectivity index (χ2v) is 12.2. The zero-order valence-corrected chi connectivity index (χ0v) is 24.9. The third-order valence-corrected chi connectivity index (χ3v) is 8.74. The number of hydrogen-bond acceptors (Lipinski definition) is 5.